The Labute approximate surface area is 77.5 Å². The van der Waals surface area contributed by atoms with Gasteiger partial charge in [-0.25, -0.2) is 0 Å². The molecule has 72 valence electrons. The first-order valence-corrected chi connectivity index (χ1v) is 4.14. The van der Waals surface area contributed by atoms with E-state index in [1.165, 1.54) is 7.11 Å². The van der Waals surface area contributed by atoms with Crippen LogP contribution < -0.4 is 0 Å². The second-order valence-electron chi connectivity index (χ2n) is 3.09. The second-order valence-corrected chi connectivity index (χ2v) is 3.09. The molecule has 0 N–H and O–H groups in total. The van der Waals surface area contributed by atoms with E-state index in [0.717, 1.165) is 11.3 Å². The number of ether oxygens (including phenoxy) is 1. The zero-order valence-corrected chi connectivity index (χ0v) is 8.37. The summed E-state index contributed by atoms with van der Waals surface area (Å²) in [6.07, 6.45) is 1.84. The monoisotopic (exact) mass is 182 g/mol. The van der Waals surface area contributed by atoms with E-state index in [1.54, 1.807) is 4.68 Å². The smallest absolute Gasteiger partial charge is 0.312 e. The van der Waals surface area contributed by atoms with Gasteiger partial charge in [0.15, 0.2) is 0 Å². The van der Waals surface area contributed by atoms with E-state index in [1.807, 2.05) is 27.1 Å². The molecule has 0 bridgehead atoms. The number of aromatic nitrogens is 2. The molecule has 0 saturated heterocycles. The summed E-state index contributed by atoms with van der Waals surface area (Å²) in [6, 6.07) is 0. The highest BCUT2D eigenvalue weighted by Gasteiger charge is 2.19. The largest absolute Gasteiger partial charge is 0.469 e. The van der Waals surface area contributed by atoms with Crippen LogP contribution in [0.1, 0.15) is 24.1 Å². The molecule has 1 atom stereocenters. The van der Waals surface area contributed by atoms with Crippen LogP contribution in [0.2, 0.25) is 0 Å². The third-order valence-electron chi connectivity index (χ3n) is 2.07. The number of esters is 1. The van der Waals surface area contributed by atoms with E-state index in [4.69, 9.17) is 0 Å². The van der Waals surface area contributed by atoms with Crippen molar-refractivity contribution >= 4 is 5.97 Å². The molecular formula is C9H14N2O2. The van der Waals surface area contributed by atoms with Gasteiger partial charge >= 0.3 is 5.97 Å². The molecule has 0 aliphatic rings. The van der Waals surface area contributed by atoms with Gasteiger partial charge in [0.2, 0.25) is 0 Å². The van der Waals surface area contributed by atoms with Crippen molar-refractivity contribution in [3.63, 3.8) is 0 Å². The van der Waals surface area contributed by atoms with Crippen LogP contribution in [0.3, 0.4) is 0 Å². The van der Waals surface area contributed by atoms with Crippen LogP contribution in [-0.4, -0.2) is 22.9 Å². The van der Waals surface area contributed by atoms with E-state index in [-0.39, 0.29) is 11.9 Å². The van der Waals surface area contributed by atoms with Crippen molar-refractivity contribution in [3.8, 4) is 0 Å². The van der Waals surface area contributed by atoms with Gasteiger partial charge in [0.1, 0.15) is 0 Å². The van der Waals surface area contributed by atoms with Crippen molar-refractivity contribution in [1.29, 1.82) is 0 Å². The lowest BCUT2D eigenvalue weighted by atomic mass is 10.0. The third-order valence-corrected chi connectivity index (χ3v) is 2.07. The summed E-state index contributed by atoms with van der Waals surface area (Å²) in [5.41, 5.74) is 1.80. The highest BCUT2D eigenvalue weighted by atomic mass is 16.5. The fourth-order valence-corrected chi connectivity index (χ4v) is 1.35. The molecule has 4 nitrogen and oxygen atoms in total. The topological polar surface area (TPSA) is 44.1 Å². The highest BCUT2D eigenvalue weighted by Crippen LogP contribution is 2.18. The molecule has 0 aliphatic heterocycles. The first-order valence-electron chi connectivity index (χ1n) is 4.14. The number of hydrogen-bond acceptors (Lipinski definition) is 3. The lowest BCUT2D eigenvalue weighted by Crippen LogP contribution is -2.11. The van der Waals surface area contributed by atoms with E-state index in [0.29, 0.717) is 0 Å². The molecule has 1 aromatic heterocycles. The van der Waals surface area contributed by atoms with Crippen LogP contribution in [0, 0.1) is 6.92 Å². The lowest BCUT2D eigenvalue weighted by molar-refractivity contribution is -0.142. The maximum atomic E-state index is 11.2. The number of aryl methyl sites for hydroxylation is 2. The van der Waals surface area contributed by atoms with Crippen molar-refractivity contribution in [2.45, 2.75) is 19.8 Å². The maximum absolute atomic E-state index is 11.2. The lowest BCUT2D eigenvalue weighted by Gasteiger charge is -2.06. The molecule has 0 spiro atoms. The Morgan fingerprint density at radius 1 is 1.69 bits per heavy atom. The van der Waals surface area contributed by atoms with Crippen molar-refractivity contribution in [1.82, 2.24) is 9.78 Å². The summed E-state index contributed by atoms with van der Waals surface area (Å²) >= 11 is 0. The quantitative estimate of drug-likeness (QED) is 0.641. The molecule has 1 heterocycles. The number of carbonyl (C=O) groups excluding carboxylic acids is 1. The molecular weight excluding hydrogens is 168 g/mol. The SMILES string of the molecule is COC(=O)C(C)c1cn(C)nc1C. The van der Waals surface area contributed by atoms with E-state index >= 15 is 0 Å². The van der Waals surface area contributed by atoms with Gasteiger partial charge in [-0.3, -0.25) is 9.48 Å². The summed E-state index contributed by atoms with van der Waals surface area (Å²) in [5, 5.41) is 4.16. The van der Waals surface area contributed by atoms with Crippen LogP contribution in [0.25, 0.3) is 0 Å². The minimum atomic E-state index is -0.237. The van der Waals surface area contributed by atoms with Crippen LogP contribution in [0.15, 0.2) is 6.20 Å². The predicted octanol–water partition coefficient (Wildman–Crippen LogP) is 1.01. The van der Waals surface area contributed by atoms with Gasteiger partial charge in [0, 0.05) is 18.8 Å². The molecule has 0 fully saturated rings. The molecule has 0 amide bonds. The summed E-state index contributed by atoms with van der Waals surface area (Å²) in [5.74, 6) is -0.463. The van der Waals surface area contributed by atoms with Gasteiger partial charge in [-0.2, -0.15) is 5.10 Å². The minimum absolute atomic E-state index is 0.226. The van der Waals surface area contributed by atoms with Gasteiger partial charge in [0.05, 0.1) is 18.7 Å². The number of methoxy groups -OCH3 is 1. The van der Waals surface area contributed by atoms with Crippen molar-refractivity contribution in [3.05, 3.63) is 17.5 Å². The molecule has 4 heteroatoms. The average Bonchev–Trinajstić information content (AvgIpc) is 2.42. The van der Waals surface area contributed by atoms with Gasteiger partial charge in [-0.05, 0) is 13.8 Å². The fraction of sp³-hybridized carbons (Fsp3) is 0.556. The normalized spacial score (nSPS) is 12.6. The molecule has 0 radical (unpaired) electrons. The number of nitrogens with zero attached hydrogens (tertiary/aromatic N) is 2. The van der Waals surface area contributed by atoms with Crippen LogP contribution in [0.4, 0.5) is 0 Å². The fourth-order valence-electron chi connectivity index (χ4n) is 1.35. The van der Waals surface area contributed by atoms with Crippen LogP contribution in [0.5, 0.6) is 0 Å². The van der Waals surface area contributed by atoms with Gasteiger partial charge in [-0.15, -0.1) is 0 Å². The van der Waals surface area contributed by atoms with Crippen molar-refractivity contribution < 1.29 is 9.53 Å². The predicted molar refractivity (Wildman–Crippen MR) is 48.4 cm³/mol. The molecule has 0 aliphatic carbocycles. The van der Waals surface area contributed by atoms with Gasteiger partial charge in [0.25, 0.3) is 0 Å². The summed E-state index contributed by atoms with van der Waals surface area (Å²) in [4.78, 5) is 11.2. The standard InChI is InChI=1S/C9H14N2O2/c1-6(9(12)13-4)8-5-11(3)10-7(8)2/h5-6H,1-4H3. The molecule has 13 heavy (non-hydrogen) atoms. The van der Waals surface area contributed by atoms with Crippen LogP contribution in [-0.2, 0) is 16.6 Å². The van der Waals surface area contributed by atoms with Gasteiger partial charge < -0.3 is 4.74 Å². The maximum Gasteiger partial charge on any atom is 0.312 e. The highest BCUT2D eigenvalue weighted by molar-refractivity contribution is 5.77. The molecule has 1 rings (SSSR count). The number of hydrogen-bond donors (Lipinski definition) is 0. The Morgan fingerprint density at radius 3 is 2.69 bits per heavy atom. The zero-order chi connectivity index (χ0) is 10.0. The van der Waals surface area contributed by atoms with Gasteiger partial charge in [-0.1, -0.05) is 0 Å². The molecule has 0 saturated carbocycles. The van der Waals surface area contributed by atoms with E-state index in [9.17, 15) is 4.79 Å². The van der Waals surface area contributed by atoms with Crippen molar-refractivity contribution in [2.24, 2.45) is 7.05 Å². The first kappa shape index (κ1) is 9.77. The minimum Gasteiger partial charge on any atom is -0.469 e. The average molecular weight is 182 g/mol. The summed E-state index contributed by atoms with van der Waals surface area (Å²) < 4.78 is 6.35. The van der Waals surface area contributed by atoms with Crippen molar-refractivity contribution in [2.75, 3.05) is 7.11 Å². The van der Waals surface area contributed by atoms with E-state index in [2.05, 4.69) is 9.84 Å². The molecule has 1 unspecified atom stereocenters. The Morgan fingerprint density at radius 2 is 2.31 bits per heavy atom. The first-order chi connectivity index (χ1) is 6.06. The third kappa shape index (κ3) is 1.88. The zero-order valence-electron chi connectivity index (χ0n) is 8.37. The Hall–Kier alpha value is -1.32. The number of rotatable bonds is 2. The molecule has 1 aromatic rings. The Balaban J connectivity index is 2.94. The van der Waals surface area contributed by atoms with Crippen LogP contribution >= 0.6 is 0 Å². The van der Waals surface area contributed by atoms with E-state index < -0.39 is 0 Å². The summed E-state index contributed by atoms with van der Waals surface area (Å²) in [6.45, 7) is 3.70. The summed E-state index contributed by atoms with van der Waals surface area (Å²) in [7, 11) is 3.23. The Bertz CT molecular complexity index is 317. The second kappa shape index (κ2) is 3.60. The number of carbonyl (C=O) groups is 1. The molecule has 0 aromatic carbocycles. The Kier molecular flexibility index (Phi) is 2.70.